The summed E-state index contributed by atoms with van der Waals surface area (Å²) in [4.78, 5) is 4.36. The Morgan fingerprint density at radius 3 is 1.49 bits per heavy atom. The normalized spacial score (nSPS) is 12.1. The first-order valence-electron chi connectivity index (χ1n) is 13.3. The molecular formula is C34H60N2V. The van der Waals surface area contributed by atoms with Crippen molar-refractivity contribution in [1.82, 2.24) is 4.90 Å². The molecule has 0 fully saturated rings. The Labute approximate surface area is 242 Å². The van der Waals surface area contributed by atoms with E-state index in [1.807, 2.05) is 62.4 Å². The monoisotopic (exact) mass is 547 g/mol. The molecule has 2 heterocycles. The van der Waals surface area contributed by atoms with E-state index >= 15 is 0 Å². The van der Waals surface area contributed by atoms with Crippen molar-refractivity contribution in [3.05, 3.63) is 88.8 Å². The number of hydrogen-bond donors (Lipinski definition) is 0. The average Bonchev–Trinajstić information content (AvgIpc) is 3.12. The molecule has 211 valence electrons. The fourth-order valence-electron chi connectivity index (χ4n) is 3.56. The Kier molecular flexibility index (Phi) is 26.3. The third-order valence-electron chi connectivity index (χ3n) is 5.44. The molecule has 2 aliphatic heterocycles. The number of rotatable bonds is 0. The van der Waals surface area contributed by atoms with Gasteiger partial charge in [-0.15, -0.1) is 0 Å². The van der Waals surface area contributed by atoms with E-state index < -0.39 is 0 Å². The van der Waals surface area contributed by atoms with Crippen LogP contribution in [0.1, 0.15) is 98.1 Å². The topological polar surface area (TPSA) is 6.48 Å². The second kappa shape index (κ2) is 23.1. The first-order chi connectivity index (χ1) is 16.8. The molecule has 0 spiro atoms. The molecule has 2 aliphatic rings. The standard InChI is InChI=1S/C14H17N.C10H11N.4C2H6.2CH4.V/c1-10-5-6-13-8-11(2)15(4)12(3)9-14(13)7-10;1-8-3-4-9-5-6-11(2)10(9)7-8;4*1-2;;;/h5-7H,2-3,8-9H2,1,4H3;3-4,7H,5H2,1-2H3;4*1-2H3;2*1H4;. The van der Waals surface area contributed by atoms with Crippen LogP contribution in [0.25, 0.3) is 0 Å². The van der Waals surface area contributed by atoms with Gasteiger partial charge in [-0.3, -0.25) is 0 Å². The van der Waals surface area contributed by atoms with E-state index in [-0.39, 0.29) is 14.9 Å². The zero-order valence-corrected chi connectivity index (χ0v) is 26.2. The Bertz CT molecular complexity index is 927. The molecule has 4 rings (SSSR count). The van der Waals surface area contributed by atoms with Crippen LogP contribution in [-0.2, 0) is 36.2 Å². The Hall–Kier alpha value is -2.03. The van der Waals surface area contributed by atoms with Crippen LogP contribution in [0.5, 0.6) is 0 Å². The summed E-state index contributed by atoms with van der Waals surface area (Å²) in [5.74, 6) is 0. The number of nitrogens with zero attached hydrogens (tertiary/aromatic N) is 2. The van der Waals surface area contributed by atoms with Crippen molar-refractivity contribution in [3.63, 3.8) is 0 Å². The van der Waals surface area contributed by atoms with Gasteiger partial charge in [-0.25, -0.2) is 0 Å². The summed E-state index contributed by atoms with van der Waals surface area (Å²) in [7, 11) is 4.17. The zero-order chi connectivity index (χ0) is 27.7. The number of aryl methyl sites for hydroxylation is 2. The number of fused-ring (bicyclic) bond motifs is 2. The summed E-state index contributed by atoms with van der Waals surface area (Å²) in [6.07, 6.45) is 2.96. The third-order valence-corrected chi connectivity index (χ3v) is 6.15. The summed E-state index contributed by atoms with van der Waals surface area (Å²) in [5.41, 5.74) is 10.5. The first-order valence-corrected chi connectivity index (χ1v) is 14.0. The van der Waals surface area contributed by atoms with Crippen molar-refractivity contribution in [2.24, 2.45) is 0 Å². The molecule has 0 unspecified atom stereocenters. The molecule has 0 saturated heterocycles. The number of anilines is 1. The predicted octanol–water partition coefficient (Wildman–Crippen LogP) is 10.1. The van der Waals surface area contributed by atoms with E-state index in [0.29, 0.717) is 0 Å². The summed E-state index contributed by atoms with van der Waals surface area (Å²) in [6, 6.07) is 13.3. The third kappa shape index (κ3) is 12.9. The van der Waals surface area contributed by atoms with Gasteiger partial charge in [-0.2, -0.15) is 0 Å². The fourth-order valence-corrected chi connectivity index (χ4v) is 3.99. The molecule has 0 aromatic heterocycles. The van der Waals surface area contributed by atoms with Gasteiger partial charge in [0.25, 0.3) is 0 Å². The minimum absolute atomic E-state index is 0. The Balaban J connectivity index is -0.000000225. The molecule has 2 aromatic rings. The molecule has 3 heteroatoms. The molecule has 0 saturated carbocycles. The van der Waals surface area contributed by atoms with Crippen LogP contribution >= 0.6 is 0 Å². The number of hydrogen-bond acceptors (Lipinski definition) is 2. The van der Waals surface area contributed by atoms with Crippen LogP contribution in [0.4, 0.5) is 5.69 Å². The van der Waals surface area contributed by atoms with Gasteiger partial charge >= 0.3 is 81.6 Å². The van der Waals surface area contributed by atoms with Crippen molar-refractivity contribution in [3.8, 4) is 0 Å². The van der Waals surface area contributed by atoms with Gasteiger partial charge in [-0.1, -0.05) is 107 Å². The van der Waals surface area contributed by atoms with E-state index in [1.54, 1.807) is 0 Å². The van der Waals surface area contributed by atoms with Crippen molar-refractivity contribution >= 4 is 10.0 Å². The van der Waals surface area contributed by atoms with Crippen molar-refractivity contribution in [2.45, 2.75) is 103 Å². The summed E-state index contributed by atoms with van der Waals surface area (Å²) in [5, 5.41) is 0. The van der Waals surface area contributed by atoms with Gasteiger partial charge in [0.05, 0.1) is 0 Å². The predicted molar refractivity (Wildman–Crippen MR) is 172 cm³/mol. The van der Waals surface area contributed by atoms with Crippen molar-refractivity contribution in [1.29, 1.82) is 0 Å². The molecule has 0 bridgehead atoms. The first kappa shape index (κ1) is 42.1. The van der Waals surface area contributed by atoms with E-state index in [9.17, 15) is 0 Å². The molecule has 2 aromatic carbocycles. The summed E-state index contributed by atoms with van der Waals surface area (Å²) >= 11 is 2.64. The Morgan fingerprint density at radius 1 is 0.595 bits per heavy atom. The molecule has 0 N–H and O–H groups in total. The van der Waals surface area contributed by atoms with E-state index in [2.05, 4.69) is 97.2 Å². The number of allylic oxidation sites excluding steroid dienone is 2. The number of likely N-dealkylation sites (N-methyl/N-ethyl adjacent to an activating group) is 2. The van der Waals surface area contributed by atoms with Crippen LogP contribution < -0.4 is 4.90 Å². The van der Waals surface area contributed by atoms with Crippen LogP contribution in [0.15, 0.2) is 61.0 Å². The van der Waals surface area contributed by atoms with Gasteiger partial charge < -0.3 is 4.90 Å². The molecule has 0 aliphatic carbocycles. The van der Waals surface area contributed by atoms with Crippen LogP contribution in [-0.4, -0.2) is 23.3 Å². The maximum atomic E-state index is 4.10. The van der Waals surface area contributed by atoms with E-state index in [4.69, 9.17) is 0 Å². The SMILES string of the molecule is C.C.C=C1Cc2ccc(C)cc2CC(=C)N1C.CC.CC.CC.CC.Cc1ccc2c(c1)N(C)[C](=[V])C2. The van der Waals surface area contributed by atoms with Crippen LogP contribution in [0.3, 0.4) is 0 Å². The quantitative estimate of drug-likeness (QED) is 0.324. The summed E-state index contributed by atoms with van der Waals surface area (Å²) < 4.78 is 1.38. The van der Waals surface area contributed by atoms with Gasteiger partial charge in [0.2, 0.25) is 0 Å². The second-order valence-electron chi connectivity index (χ2n) is 7.60. The zero-order valence-electron chi connectivity index (χ0n) is 24.8. The van der Waals surface area contributed by atoms with Gasteiger partial charge in [0.1, 0.15) is 0 Å². The molecule has 2 nitrogen and oxygen atoms in total. The maximum absolute atomic E-state index is 4.10. The average molecular weight is 548 g/mol. The molecular weight excluding hydrogens is 487 g/mol. The van der Waals surface area contributed by atoms with Crippen molar-refractivity contribution in [2.75, 3.05) is 19.0 Å². The molecule has 0 atom stereocenters. The Morgan fingerprint density at radius 2 is 1.00 bits per heavy atom. The van der Waals surface area contributed by atoms with Crippen LogP contribution in [0, 0.1) is 13.8 Å². The number of benzene rings is 2. The van der Waals surface area contributed by atoms with E-state index in [0.717, 1.165) is 30.7 Å². The molecule has 37 heavy (non-hydrogen) atoms. The minimum atomic E-state index is 0. The van der Waals surface area contributed by atoms with Gasteiger partial charge in [0.15, 0.2) is 0 Å². The second-order valence-corrected chi connectivity index (χ2v) is 8.41. The van der Waals surface area contributed by atoms with E-state index in [1.165, 1.54) is 37.9 Å². The van der Waals surface area contributed by atoms with Crippen LogP contribution in [0.2, 0.25) is 0 Å². The van der Waals surface area contributed by atoms with Gasteiger partial charge in [0, 0.05) is 31.3 Å². The molecule has 0 radical (unpaired) electrons. The van der Waals surface area contributed by atoms with Crippen molar-refractivity contribution < 1.29 is 17.0 Å². The summed E-state index contributed by atoms with van der Waals surface area (Å²) in [6.45, 7) is 28.5. The molecule has 0 amide bonds. The van der Waals surface area contributed by atoms with Gasteiger partial charge in [-0.05, 0) is 18.1 Å². The fraction of sp³-hybridized carbons (Fsp3) is 0.500.